The molecule has 0 saturated heterocycles. The van der Waals surface area contributed by atoms with Crippen molar-refractivity contribution < 1.29 is 14.4 Å². The van der Waals surface area contributed by atoms with Crippen LogP contribution in [0.3, 0.4) is 0 Å². The molecule has 1 amide bonds. The summed E-state index contributed by atoms with van der Waals surface area (Å²) in [5, 5.41) is 0. The Morgan fingerprint density at radius 3 is 2.69 bits per heavy atom. The van der Waals surface area contributed by atoms with E-state index >= 15 is 0 Å². The second-order valence-corrected chi connectivity index (χ2v) is 4.41. The van der Waals surface area contributed by atoms with Crippen LogP contribution in [0, 0.1) is 0 Å². The molecule has 2 rings (SSSR count). The van der Waals surface area contributed by atoms with E-state index in [0.29, 0.717) is 15.7 Å². The minimum Gasteiger partial charge on any atom is -0.298 e. The molecule has 0 spiro atoms. The lowest BCUT2D eigenvalue weighted by molar-refractivity contribution is -0.119. The third-order valence-corrected chi connectivity index (χ3v) is 2.99. The molecule has 82 valence electrons. The summed E-state index contributed by atoms with van der Waals surface area (Å²) >= 11 is 3.22. The van der Waals surface area contributed by atoms with Gasteiger partial charge in [0.2, 0.25) is 0 Å². The lowest BCUT2D eigenvalue weighted by atomic mass is 10.1. The predicted molar refractivity (Wildman–Crippen MR) is 61.5 cm³/mol. The number of benzene rings is 1. The molecule has 0 atom stereocenters. The number of hydrogen-bond acceptors (Lipinski definition) is 3. The van der Waals surface area contributed by atoms with Crippen LogP contribution >= 0.6 is 15.9 Å². The topological polar surface area (TPSA) is 54.5 Å². The van der Waals surface area contributed by atoms with E-state index in [2.05, 4.69) is 15.9 Å². The van der Waals surface area contributed by atoms with Gasteiger partial charge in [-0.1, -0.05) is 6.07 Å². The Morgan fingerprint density at radius 1 is 1.38 bits per heavy atom. The quantitative estimate of drug-likeness (QED) is 0.774. The van der Waals surface area contributed by atoms with Crippen molar-refractivity contribution in [2.75, 3.05) is 11.4 Å². The van der Waals surface area contributed by atoms with Crippen molar-refractivity contribution in [2.45, 2.75) is 6.92 Å². The number of rotatable bonds is 2. The van der Waals surface area contributed by atoms with Gasteiger partial charge in [-0.2, -0.15) is 0 Å². The summed E-state index contributed by atoms with van der Waals surface area (Å²) in [5.41, 5.74) is 0.841. The Labute approximate surface area is 100 Å². The van der Waals surface area contributed by atoms with E-state index in [9.17, 15) is 14.4 Å². The molecular weight excluding hydrogens is 274 g/mol. The highest BCUT2D eigenvalue weighted by atomic mass is 79.9. The predicted octanol–water partition coefficient (Wildman–Crippen LogP) is 1.57. The molecule has 0 unspecified atom stereocenters. The first-order chi connectivity index (χ1) is 7.52. The third-order valence-electron chi connectivity index (χ3n) is 2.33. The summed E-state index contributed by atoms with van der Waals surface area (Å²) in [6.07, 6.45) is 0. The molecule has 0 fully saturated rings. The molecule has 0 aliphatic carbocycles. The molecule has 0 saturated carbocycles. The van der Waals surface area contributed by atoms with Crippen molar-refractivity contribution >= 4 is 39.1 Å². The van der Waals surface area contributed by atoms with Gasteiger partial charge in [-0.25, -0.2) is 0 Å². The van der Waals surface area contributed by atoms with Gasteiger partial charge in [0, 0.05) is 4.47 Å². The van der Waals surface area contributed by atoms with E-state index in [0.717, 1.165) is 0 Å². The number of halogens is 1. The maximum absolute atomic E-state index is 11.7. The molecule has 0 bridgehead atoms. The molecule has 1 heterocycles. The highest BCUT2D eigenvalue weighted by Crippen LogP contribution is 2.33. The summed E-state index contributed by atoms with van der Waals surface area (Å²) in [6, 6.07) is 5.08. The molecule has 0 radical (unpaired) electrons. The Bertz CT molecular complexity index is 510. The zero-order valence-electron chi connectivity index (χ0n) is 8.49. The van der Waals surface area contributed by atoms with Gasteiger partial charge in [-0.15, -0.1) is 0 Å². The standard InChI is InChI=1S/C11H8BrNO3/c1-6(14)5-13-8-4-2-3-7(12)9(8)10(15)11(13)16/h2-4H,5H2,1H3. The molecule has 1 aliphatic rings. The van der Waals surface area contributed by atoms with Crippen molar-refractivity contribution in [2.24, 2.45) is 0 Å². The van der Waals surface area contributed by atoms with Gasteiger partial charge in [-0.05, 0) is 35.0 Å². The zero-order chi connectivity index (χ0) is 11.9. The fourth-order valence-corrected chi connectivity index (χ4v) is 2.22. The molecule has 4 nitrogen and oxygen atoms in total. The van der Waals surface area contributed by atoms with Crippen molar-refractivity contribution in [1.29, 1.82) is 0 Å². The summed E-state index contributed by atoms with van der Waals surface area (Å²) in [4.78, 5) is 35.6. The van der Waals surface area contributed by atoms with Crippen LogP contribution < -0.4 is 4.90 Å². The van der Waals surface area contributed by atoms with Crippen molar-refractivity contribution in [3.05, 3.63) is 28.2 Å². The van der Waals surface area contributed by atoms with Gasteiger partial charge >= 0.3 is 0 Å². The third kappa shape index (κ3) is 1.57. The van der Waals surface area contributed by atoms with Crippen LogP contribution in [0.1, 0.15) is 17.3 Å². The smallest absolute Gasteiger partial charge is 0.298 e. The van der Waals surface area contributed by atoms with Crippen LogP contribution in [0.5, 0.6) is 0 Å². The van der Waals surface area contributed by atoms with Crippen LogP contribution in [0.4, 0.5) is 5.69 Å². The number of carbonyl (C=O) groups excluding carboxylic acids is 3. The first-order valence-corrected chi connectivity index (χ1v) is 5.46. The average Bonchev–Trinajstić information content (AvgIpc) is 2.44. The molecule has 0 N–H and O–H groups in total. The van der Waals surface area contributed by atoms with Gasteiger partial charge in [0.15, 0.2) is 0 Å². The number of Topliss-reactive ketones (excluding diaryl/α,β-unsaturated/α-hetero) is 2. The summed E-state index contributed by atoms with van der Waals surface area (Å²) in [5.74, 6) is -1.37. The fraction of sp³-hybridized carbons (Fsp3) is 0.182. The summed E-state index contributed by atoms with van der Waals surface area (Å²) in [6.45, 7) is 1.32. The monoisotopic (exact) mass is 281 g/mol. The van der Waals surface area contributed by atoms with Crippen LogP contribution in [-0.4, -0.2) is 24.0 Å². The number of ketones is 2. The van der Waals surface area contributed by atoms with E-state index < -0.39 is 11.7 Å². The van der Waals surface area contributed by atoms with Gasteiger partial charge in [-0.3, -0.25) is 19.3 Å². The highest BCUT2D eigenvalue weighted by Gasteiger charge is 2.37. The summed E-state index contributed by atoms with van der Waals surface area (Å²) < 4.78 is 0.578. The first-order valence-electron chi connectivity index (χ1n) is 4.66. The lowest BCUT2D eigenvalue weighted by Crippen LogP contribution is -2.33. The molecule has 16 heavy (non-hydrogen) atoms. The normalized spacial score (nSPS) is 14.2. The van der Waals surface area contributed by atoms with Crippen molar-refractivity contribution in [3.8, 4) is 0 Å². The number of hydrogen-bond donors (Lipinski definition) is 0. The fourth-order valence-electron chi connectivity index (χ4n) is 1.68. The number of nitrogens with zero attached hydrogens (tertiary/aromatic N) is 1. The Morgan fingerprint density at radius 2 is 2.06 bits per heavy atom. The second-order valence-electron chi connectivity index (χ2n) is 3.56. The Hall–Kier alpha value is -1.49. The van der Waals surface area contributed by atoms with E-state index in [1.807, 2.05) is 0 Å². The SMILES string of the molecule is CC(=O)CN1C(=O)C(=O)c2c(Br)cccc21. The number of carbonyl (C=O) groups is 3. The van der Waals surface area contributed by atoms with Crippen molar-refractivity contribution in [1.82, 2.24) is 0 Å². The average molecular weight is 282 g/mol. The Balaban J connectivity index is 2.54. The molecule has 0 aromatic heterocycles. The molecule has 1 aromatic rings. The van der Waals surface area contributed by atoms with Gasteiger partial charge in [0.25, 0.3) is 11.7 Å². The molecular formula is C11H8BrNO3. The molecule has 1 aliphatic heterocycles. The lowest BCUT2D eigenvalue weighted by Gasteiger charge is -2.14. The van der Waals surface area contributed by atoms with Crippen LogP contribution in [0.25, 0.3) is 0 Å². The van der Waals surface area contributed by atoms with Crippen LogP contribution in [0.15, 0.2) is 22.7 Å². The van der Waals surface area contributed by atoms with E-state index in [4.69, 9.17) is 0 Å². The second kappa shape index (κ2) is 3.83. The minimum absolute atomic E-state index is 0.0615. The van der Waals surface area contributed by atoms with Gasteiger partial charge in [0.1, 0.15) is 5.78 Å². The number of amides is 1. The van der Waals surface area contributed by atoms with Crippen LogP contribution in [-0.2, 0) is 9.59 Å². The van der Waals surface area contributed by atoms with Crippen LogP contribution in [0.2, 0.25) is 0 Å². The number of anilines is 1. The first kappa shape index (κ1) is 11.0. The van der Waals surface area contributed by atoms with E-state index in [1.165, 1.54) is 11.8 Å². The van der Waals surface area contributed by atoms with Gasteiger partial charge < -0.3 is 0 Å². The maximum Gasteiger partial charge on any atom is 0.299 e. The zero-order valence-corrected chi connectivity index (χ0v) is 10.1. The van der Waals surface area contributed by atoms with Gasteiger partial charge in [0.05, 0.1) is 17.8 Å². The molecule has 1 aromatic carbocycles. The van der Waals surface area contributed by atoms with E-state index in [1.54, 1.807) is 18.2 Å². The largest absolute Gasteiger partial charge is 0.299 e. The highest BCUT2D eigenvalue weighted by molar-refractivity contribution is 9.10. The van der Waals surface area contributed by atoms with E-state index in [-0.39, 0.29) is 12.3 Å². The summed E-state index contributed by atoms with van der Waals surface area (Å²) in [7, 11) is 0. The number of fused-ring (bicyclic) bond motifs is 1. The molecule has 5 heteroatoms. The minimum atomic E-state index is -0.642. The van der Waals surface area contributed by atoms with Crippen molar-refractivity contribution in [3.63, 3.8) is 0 Å². The Kier molecular flexibility index (Phi) is 2.63. The maximum atomic E-state index is 11.7.